The SMILES string of the molecule is CCc1nn(C)c(OC)c1CN(C)C(CO)C(C)(C)C. The summed E-state index contributed by atoms with van der Waals surface area (Å²) in [6.07, 6.45) is 0.875. The molecule has 0 aliphatic rings. The number of aryl methyl sites for hydroxylation is 2. The molecule has 116 valence electrons. The molecular formula is C15H29N3O2. The highest BCUT2D eigenvalue weighted by Gasteiger charge is 2.29. The van der Waals surface area contributed by atoms with Gasteiger partial charge < -0.3 is 9.84 Å². The first-order valence-corrected chi connectivity index (χ1v) is 7.16. The summed E-state index contributed by atoms with van der Waals surface area (Å²) in [5.74, 6) is 0.805. The lowest BCUT2D eigenvalue weighted by molar-refractivity contribution is 0.0607. The van der Waals surface area contributed by atoms with Crippen LogP contribution in [0.2, 0.25) is 0 Å². The van der Waals surface area contributed by atoms with E-state index >= 15 is 0 Å². The van der Waals surface area contributed by atoms with Gasteiger partial charge in [-0.05, 0) is 18.9 Å². The lowest BCUT2D eigenvalue weighted by atomic mass is 9.86. The van der Waals surface area contributed by atoms with E-state index in [9.17, 15) is 5.11 Å². The van der Waals surface area contributed by atoms with E-state index in [2.05, 4.69) is 37.7 Å². The number of nitrogens with zero attached hydrogens (tertiary/aromatic N) is 3. The van der Waals surface area contributed by atoms with Crippen molar-refractivity contribution in [2.75, 3.05) is 20.8 Å². The Bertz CT molecular complexity index is 435. The van der Waals surface area contributed by atoms with E-state index in [0.29, 0.717) is 0 Å². The molecule has 0 spiro atoms. The third-order valence-corrected chi connectivity index (χ3v) is 3.81. The van der Waals surface area contributed by atoms with Crippen LogP contribution in [-0.4, -0.2) is 46.6 Å². The molecule has 1 N–H and O–H groups in total. The molecule has 1 atom stereocenters. The standard InChI is InChI=1S/C15H29N3O2/c1-8-12-11(14(20-7)18(6)16-12)9-17(5)13(10-19)15(2,3)4/h13,19H,8-10H2,1-7H3. The largest absolute Gasteiger partial charge is 0.481 e. The third kappa shape index (κ3) is 3.52. The van der Waals surface area contributed by atoms with Crippen LogP contribution in [0.5, 0.6) is 5.88 Å². The molecular weight excluding hydrogens is 254 g/mol. The van der Waals surface area contributed by atoms with Gasteiger partial charge in [0.2, 0.25) is 5.88 Å². The molecule has 0 aliphatic heterocycles. The zero-order valence-electron chi connectivity index (χ0n) is 13.9. The molecule has 0 bridgehead atoms. The Balaban J connectivity index is 3.03. The molecule has 1 unspecified atom stereocenters. The van der Waals surface area contributed by atoms with Crippen molar-refractivity contribution in [1.29, 1.82) is 0 Å². The van der Waals surface area contributed by atoms with Crippen LogP contribution in [0, 0.1) is 5.41 Å². The number of ether oxygens (including phenoxy) is 1. The summed E-state index contributed by atoms with van der Waals surface area (Å²) < 4.78 is 7.25. The highest BCUT2D eigenvalue weighted by molar-refractivity contribution is 5.31. The van der Waals surface area contributed by atoms with E-state index in [0.717, 1.165) is 30.1 Å². The van der Waals surface area contributed by atoms with Crippen LogP contribution in [0.4, 0.5) is 0 Å². The molecule has 0 amide bonds. The Hall–Kier alpha value is -1.07. The van der Waals surface area contributed by atoms with Crippen molar-refractivity contribution in [2.24, 2.45) is 12.5 Å². The first-order valence-electron chi connectivity index (χ1n) is 7.16. The topological polar surface area (TPSA) is 50.5 Å². The fourth-order valence-corrected chi connectivity index (χ4v) is 2.74. The van der Waals surface area contributed by atoms with Gasteiger partial charge in [-0.2, -0.15) is 5.10 Å². The smallest absolute Gasteiger partial charge is 0.216 e. The van der Waals surface area contributed by atoms with E-state index in [4.69, 9.17) is 4.74 Å². The fourth-order valence-electron chi connectivity index (χ4n) is 2.74. The number of likely N-dealkylation sites (N-methyl/N-ethyl adjacent to an activating group) is 1. The summed E-state index contributed by atoms with van der Waals surface area (Å²) in [6.45, 7) is 9.40. The highest BCUT2D eigenvalue weighted by atomic mass is 16.5. The van der Waals surface area contributed by atoms with Crippen LogP contribution >= 0.6 is 0 Å². The van der Waals surface area contributed by atoms with Gasteiger partial charge in [0, 0.05) is 19.6 Å². The lowest BCUT2D eigenvalue weighted by Gasteiger charge is -2.36. The summed E-state index contributed by atoms with van der Waals surface area (Å²) in [7, 11) is 5.61. The van der Waals surface area contributed by atoms with Gasteiger partial charge in [-0.3, -0.25) is 4.90 Å². The molecule has 5 nitrogen and oxygen atoms in total. The van der Waals surface area contributed by atoms with Crippen molar-refractivity contribution in [2.45, 2.75) is 46.7 Å². The summed E-state index contributed by atoms with van der Waals surface area (Å²) in [6, 6.07) is 0.0946. The molecule has 1 rings (SSSR count). The molecule has 1 aromatic rings. The second-order valence-corrected chi connectivity index (χ2v) is 6.39. The van der Waals surface area contributed by atoms with Gasteiger partial charge in [0.1, 0.15) is 0 Å². The van der Waals surface area contributed by atoms with Crippen molar-refractivity contribution in [3.05, 3.63) is 11.3 Å². The van der Waals surface area contributed by atoms with Gasteiger partial charge >= 0.3 is 0 Å². The van der Waals surface area contributed by atoms with Gasteiger partial charge in [0.25, 0.3) is 0 Å². The summed E-state index contributed by atoms with van der Waals surface area (Å²) in [4.78, 5) is 2.18. The minimum absolute atomic E-state index is 0.0192. The Morgan fingerprint density at radius 1 is 1.40 bits per heavy atom. The predicted molar refractivity (Wildman–Crippen MR) is 80.9 cm³/mol. The van der Waals surface area contributed by atoms with E-state index in [1.165, 1.54) is 0 Å². The average Bonchev–Trinajstić information content (AvgIpc) is 2.63. The maximum Gasteiger partial charge on any atom is 0.216 e. The Morgan fingerprint density at radius 2 is 2.00 bits per heavy atom. The zero-order valence-corrected chi connectivity index (χ0v) is 13.9. The minimum Gasteiger partial charge on any atom is -0.481 e. The number of methoxy groups -OCH3 is 1. The number of hydrogen-bond donors (Lipinski definition) is 1. The molecule has 0 aromatic carbocycles. The number of aliphatic hydroxyl groups excluding tert-OH is 1. The van der Waals surface area contributed by atoms with E-state index in [-0.39, 0.29) is 18.1 Å². The molecule has 0 saturated carbocycles. The third-order valence-electron chi connectivity index (χ3n) is 3.81. The van der Waals surface area contributed by atoms with Crippen LogP contribution in [0.25, 0.3) is 0 Å². The Labute approximate surface area is 122 Å². The molecule has 1 aromatic heterocycles. The lowest BCUT2D eigenvalue weighted by Crippen LogP contribution is -2.44. The van der Waals surface area contributed by atoms with E-state index < -0.39 is 0 Å². The van der Waals surface area contributed by atoms with Gasteiger partial charge in [-0.25, -0.2) is 4.68 Å². The quantitative estimate of drug-likeness (QED) is 0.865. The molecule has 0 fully saturated rings. The van der Waals surface area contributed by atoms with Gasteiger partial charge in [-0.15, -0.1) is 0 Å². The van der Waals surface area contributed by atoms with Crippen LogP contribution in [0.3, 0.4) is 0 Å². The fraction of sp³-hybridized carbons (Fsp3) is 0.800. The number of rotatable bonds is 6. The number of hydrogen-bond acceptors (Lipinski definition) is 4. The van der Waals surface area contributed by atoms with Crippen molar-refractivity contribution < 1.29 is 9.84 Å². The molecule has 5 heteroatoms. The normalized spacial score (nSPS) is 13.8. The number of aliphatic hydroxyl groups is 1. The van der Waals surface area contributed by atoms with Crippen LogP contribution in [0.1, 0.15) is 39.0 Å². The molecule has 0 aliphatic carbocycles. The van der Waals surface area contributed by atoms with E-state index in [1.54, 1.807) is 11.8 Å². The Kier molecular flexibility index (Phi) is 5.59. The van der Waals surface area contributed by atoms with E-state index in [1.807, 2.05) is 14.1 Å². The van der Waals surface area contributed by atoms with Crippen molar-refractivity contribution >= 4 is 0 Å². The maximum atomic E-state index is 9.67. The minimum atomic E-state index is 0.0192. The van der Waals surface area contributed by atoms with Crippen molar-refractivity contribution in [3.63, 3.8) is 0 Å². The van der Waals surface area contributed by atoms with Crippen molar-refractivity contribution in [3.8, 4) is 5.88 Å². The first-order chi connectivity index (χ1) is 9.26. The van der Waals surface area contributed by atoms with Gasteiger partial charge in [-0.1, -0.05) is 27.7 Å². The molecule has 0 radical (unpaired) electrons. The maximum absolute atomic E-state index is 9.67. The van der Waals surface area contributed by atoms with Gasteiger partial charge in [0.05, 0.1) is 25.0 Å². The molecule has 0 saturated heterocycles. The highest BCUT2D eigenvalue weighted by Crippen LogP contribution is 2.28. The van der Waals surface area contributed by atoms with Crippen LogP contribution < -0.4 is 4.74 Å². The first kappa shape index (κ1) is 17.0. The summed E-state index contributed by atoms with van der Waals surface area (Å²) >= 11 is 0. The molecule has 20 heavy (non-hydrogen) atoms. The van der Waals surface area contributed by atoms with Crippen LogP contribution in [0.15, 0.2) is 0 Å². The summed E-state index contributed by atoms with van der Waals surface area (Å²) in [5, 5.41) is 14.2. The van der Waals surface area contributed by atoms with Crippen molar-refractivity contribution in [1.82, 2.24) is 14.7 Å². The molecule has 1 heterocycles. The average molecular weight is 283 g/mol. The van der Waals surface area contributed by atoms with Crippen LogP contribution in [-0.2, 0) is 20.0 Å². The predicted octanol–water partition coefficient (Wildman–Crippen LogP) is 1.83. The monoisotopic (exact) mass is 283 g/mol. The second-order valence-electron chi connectivity index (χ2n) is 6.39. The zero-order chi connectivity index (χ0) is 15.5. The van der Waals surface area contributed by atoms with Gasteiger partial charge in [0.15, 0.2) is 0 Å². The second kappa shape index (κ2) is 6.59. The summed E-state index contributed by atoms with van der Waals surface area (Å²) in [5.41, 5.74) is 2.19. The number of aromatic nitrogens is 2. The Morgan fingerprint density at radius 3 is 2.40 bits per heavy atom.